The number of hydrogen-bond acceptors (Lipinski definition) is 3. The topological polar surface area (TPSA) is 66.5 Å². The van der Waals surface area contributed by atoms with E-state index in [9.17, 15) is 13.2 Å². The van der Waals surface area contributed by atoms with Crippen LogP contribution in [0.2, 0.25) is 5.02 Å². The highest BCUT2D eigenvalue weighted by atomic mass is 35.5. The highest BCUT2D eigenvalue weighted by Crippen LogP contribution is 2.23. The van der Waals surface area contributed by atoms with Crippen molar-refractivity contribution < 1.29 is 13.2 Å². The molecule has 0 spiro atoms. The average molecular weight is 329 g/mol. The first-order valence-electron chi connectivity index (χ1n) is 6.48. The predicted octanol–water partition coefficient (Wildman–Crippen LogP) is 1.85. The molecule has 21 heavy (non-hydrogen) atoms. The lowest BCUT2D eigenvalue weighted by Gasteiger charge is -2.39. The molecule has 0 aromatic heterocycles. The molecular formula is C14H17ClN2O3S. The van der Waals surface area contributed by atoms with E-state index in [4.69, 9.17) is 11.6 Å². The van der Waals surface area contributed by atoms with Gasteiger partial charge in [0.05, 0.1) is 0 Å². The van der Waals surface area contributed by atoms with Gasteiger partial charge in [-0.2, -0.15) is 4.31 Å². The van der Waals surface area contributed by atoms with Crippen LogP contribution in [0.15, 0.2) is 29.7 Å². The first-order chi connectivity index (χ1) is 9.73. The average Bonchev–Trinajstić information content (AvgIpc) is 2.41. The molecule has 0 atom stereocenters. The fraction of sp³-hybridized carbons (Fsp3) is 0.357. The molecule has 114 valence electrons. The van der Waals surface area contributed by atoms with Crippen molar-refractivity contribution in [2.75, 3.05) is 13.1 Å². The number of rotatable bonds is 3. The van der Waals surface area contributed by atoms with Crippen LogP contribution in [0.25, 0.3) is 6.08 Å². The standard InChI is InChI=1S/C14H17ClN2O3S/c1-14(2)13(18)16-8-9-17(14)21(19,20)10-7-11-3-5-12(15)6-4-11/h3-7,10H,8-9H2,1-2H3,(H,16,18). The van der Waals surface area contributed by atoms with E-state index in [1.54, 1.807) is 38.1 Å². The molecule has 0 bridgehead atoms. The van der Waals surface area contributed by atoms with Crippen molar-refractivity contribution in [1.29, 1.82) is 0 Å². The van der Waals surface area contributed by atoms with Crippen LogP contribution in [0.5, 0.6) is 0 Å². The number of carbonyl (C=O) groups is 1. The van der Waals surface area contributed by atoms with Gasteiger partial charge >= 0.3 is 0 Å². The molecule has 1 fully saturated rings. The monoisotopic (exact) mass is 328 g/mol. The molecule has 1 aliphatic rings. The molecule has 1 aromatic carbocycles. The van der Waals surface area contributed by atoms with Crippen LogP contribution in [0.1, 0.15) is 19.4 Å². The van der Waals surface area contributed by atoms with Crippen LogP contribution in [-0.2, 0) is 14.8 Å². The zero-order chi connectivity index (χ0) is 15.7. The number of hydrogen-bond donors (Lipinski definition) is 1. The van der Waals surface area contributed by atoms with Crippen molar-refractivity contribution in [1.82, 2.24) is 9.62 Å². The van der Waals surface area contributed by atoms with Gasteiger partial charge in [0, 0.05) is 23.5 Å². The number of carbonyl (C=O) groups excluding carboxylic acids is 1. The maximum absolute atomic E-state index is 12.4. The van der Waals surface area contributed by atoms with Gasteiger partial charge in [-0.1, -0.05) is 23.7 Å². The number of nitrogens with one attached hydrogen (secondary N) is 1. The minimum Gasteiger partial charge on any atom is -0.353 e. The minimum atomic E-state index is -3.67. The van der Waals surface area contributed by atoms with Crippen LogP contribution < -0.4 is 5.32 Å². The Morgan fingerprint density at radius 1 is 1.29 bits per heavy atom. The Morgan fingerprint density at radius 3 is 2.52 bits per heavy atom. The van der Waals surface area contributed by atoms with E-state index in [1.807, 2.05) is 0 Å². The van der Waals surface area contributed by atoms with E-state index in [0.29, 0.717) is 11.6 Å². The van der Waals surface area contributed by atoms with E-state index in [0.717, 1.165) is 11.0 Å². The van der Waals surface area contributed by atoms with E-state index in [-0.39, 0.29) is 12.5 Å². The molecule has 0 unspecified atom stereocenters. The van der Waals surface area contributed by atoms with Gasteiger partial charge in [-0.15, -0.1) is 0 Å². The van der Waals surface area contributed by atoms with Gasteiger partial charge in [-0.3, -0.25) is 4.79 Å². The summed E-state index contributed by atoms with van der Waals surface area (Å²) < 4.78 is 26.1. The molecular weight excluding hydrogens is 312 g/mol. The first kappa shape index (κ1) is 16.0. The van der Waals surface area contributed by atoms with Gasteiger partial charge in [-0.25, -0.2) is 8.42 Å². The summed E-state index contributed by atoms with van der Waals surface area (Å²) in [6, 6.07) is 6.82. The van der Waals surface area contributed by atoms with Crippen LogP contribution in [0, 0.1) is 0 Å². The lowest BCUT2D eigenvalue weighted by Crippen LogP contribution is -2.62. The van der Waals surface area contributed by atoms with Crippen molar-refractivity contribution in [2.45, 2.75) is 19.4 Å². The van der Waals surface area contributed by atoms with E-state index in [2.05, 4.69) is 5.32 Å². The van der Waals surface area contributed by atoms with Gasteiger partial charge in [0.15, 0.2) is 0 Å². The van der Waals surface area contributed by atoms with Gasteiger partial charge < -0.3 is 5.32 Å². The molecule has 1 amide bonds. The summed E-state index contributed by atoms with van der Waals surface area (Å²) >= 11 is 5.78. The molecule has 0 aliphatic carbocycles. The summed E-state index contributed by atoms with van der Waals surface area (Å²) in [6.45, 7) is 3.76. The Kier molecular flexibility index (Phi) is 4.41. The second kappa shape index (κ2) is 5.79. The third-order valence-electron chi connectivity index (χ3n) is 3.39. The fourth-order valence-electron chi connectivity index (χ4n) is 2.14. The van der Waals surface area contributed by atoms with Gasteiger partial charge in [-0.05, 0) is 37.6 Å². The number of amides is 1. The summed E-state index contributed by atoms with van der Waals surface area (Å²) in [7, 11) is -3.67. The summed E-state index contributed by atoms with van der Waals surface area (Å²) in [5.74, 6) is -0.294. The SMILES string of the molecule is CC1(C)C(=O)NCCN1S(=O)(=O)C=Cc1ccc(Cl)cc1. The second-order valence-electron chi connectivity index (χ2n) is 5.29. The van der Waals surface area contributed by atoms with Gasteiger partial charge in [0.2, 0.25) is 15.9 Å². The van der Waals surface area contributed by atoms with Crippen molar-refractivity contribution >= 4 is 33.6 Å². The summed E-state index contributed by atoms with van der Waals surface area (Å²) in [4.78, 5) is 11.8. The lowest BCUT2D eigenvalue weighted by molar-refractivity contribution is -0.131. The lowest BCUT2D eigenvalue weighted by atomic mass is 10.0. The zero-order valence-corrected chi connectivity index (χ0v) is 13.4. The Morgan fingerprint density at radius 2 is 1.90 bits per heavy atom. The van der Waals surface area contributed by atoms with E-state index in [1.165, 1.54) is 10.4 Å². The first-order valence-corrected chi connectivity index (χ1v) is 8.36. The smallest absolute Gasteiger partial charge is 0.241 e. The van der Waals surface area contributed by atoms with Crippen LogP contribution in [0.3, 0.4) is 0 Å². The Balaban J connectivity index is 2.25. The van der Waals surface area contributed by atoms with E-state index >= 15 is 0 Å². The molecule has 0 radical (unpaired) electrons. The second-order valence-corrected chi connectivity index (χ2v) is 7.47. The number of benzene rings is 1. The third kappa shape index (κ3) is 3.45. The fourth-order valence-corrected chi connectivity index (χ4v) is 3.80. The summed E-state index contributed by atoms with van der Waals surface area (Å²) in [6.07, 6.45) is 1.49. The molecule has 0 saturated carbocycles. The number of sulfonamides is 1. The van der Waals surface area contributed by atoms with Crippen molar-refractivity contribution in [2.24, 2.45) is 0 Å². The molecule has 1 N–H and O–H groups in total. The number of piperazine rings is 1. The minimum absolute atomic E-state index is 0.256. The number of nitrogens with zero attached hydrogens (tertiary/aromatic N) is 1. The maximum atomic E-state index is 12.4. The summed E-state index contributed by atoms with van der Waals surface area (Å²) in [5.41, 5.74) is -0.372. The molecule has 1 aliphatic heterocycles. The highest BCUT2D eigenvalue weighted by molar-refractivity contribution is 7.92. The molecule has 1 aromatic rings. The Bertz CT molecular complexity index is 666. The van der Waals surface area contributed by atoms with Crippen molar-refractivity contribution in [3.63, 3.8) is 0 Å². The molecule has 1 heterocycles. The summed E-state index contributed by atoms with van der Waals surface area (Å²) in [5, 5.41) is 4.38. The predicted molar refractivity (Wildman–Crippen MR) is 83.2 cm³/mol. The van der Waals surface area contributed by atoms with Gasteiger partial charge in [0.1, 0.15) is 5.54 Å². The third-order valence-corrected chi connectivity index (χ3v) is 5.37. The molecule has 2 rings (SSSR count). The highest BCUT2D eigenvalue weighted by Gasteiger charge is 2.43. The van der Waals surface area contributed by atoms with E-state index < -0.39 is 15.6 Å². The normalized spacial score (nSPS) is 19.7. The maximum Gasteiger partial charge on any atom is 0.241 e. The zero-order valence-electron chi connectivity index (χ0n) is 11.8. The van der Waals surface area contributed by atoms with Crippen molar-refractivity contribution in [3.05, 3.63) is 40.3 Å². The quantitative estimate of drug-likeness (QED) is 0.920. The Labute approximate surface area is 129 Å². The van der Waals surface area contributed by atoms with Crippen LogP contribution >= 0.6 is 11.6 Å². The molecule has 5 nitrogen and oxygen atoms in total. The Hall–Kier alpha value is -1.37. The number of halogens is 1. The van der Waals surface area contributed by atoms with Crippen molar-refractivity contribution in [3.8, 4) is 0 Å². The van der Waals surface area contributed by atoms with Crippen LogP contribution in [0.4, 0.5) is 0 Å². The van der Waals surface area contributed by atoms with Crippen LogP contribution in [-0.4, -0.2) is 37.3 Å². The van der Waals surface area contributed by atoms with Gasteiger partial charge in [0.25, 0.3) is 0 Å². The molecule has 7 heteroatoms. The molecule has 1 saturated heterocycles. The largest absolute Gasteiger partial charge is 0.353 e.